The van der Waals surface area contributed by atoms with E-state index in [0.717, 1.165) is 49.0 Å². The largest absolute Gasteiger partial charge is 0.543 e. The summed E-state index contributed by atoms with van der Waals surface area (Å²) in [5.41, 5.74) is 5.86. The van der Waals surface area contributed by atoms with E-state index in [1.165, 1.54) is 41.5 Å². The van der Waals surface area contributed by atoms with Crippen LogP contribution in [0.4, 0.5) is 0 Å². The molecule has 34 heavy (non-hydrogen) atoms. The first-order chi connectivity index (χ1) is 15.8. The maximum atomic E-state index is 7.23. The van der Waals surface area contributed by atoms with Gasteiger partial charge in [-0.3, -0.25) is 0 Å². The molecule has 1 aromatic carbocycles. The Morgan fingerprint density at radius 3 is 2.41 bits per heavy atom. The molecule has 2 aliphatic carbocycles. The SMILES string of the molecule is C=CCc1cc(CC=C(C)C)c2c(c1O[Si](C)(C)C(C)(C)C)CC[C@@]1(CC[C@@]3(C(C)C)C[C@@H]13)O2. The predicted molar refractivity (Wildman–Crippen MR) is 148 cm³/mol. The van der Waals surface area contributed by atoms with Gasteiger partial charge in [0.1, 0.15) is 17.1 Å². The van der Waals surface area contributed by atoms with Gasteiger partial charge in [-0.15, -0.1) is 6.58 Å². The highest BCUT2D eigenvalue weighted by atomic mass is 28.4. The fourth-order valence-corrected chi connectivity index (χ4v) is 7.43. The highest BCUT2D eigenvalue weighted by Gasteiger charge is 2.70. The van der Waals surface area contributed by atoms with Crippen LogP contribution in [-0.4, -0.2) is 13.9 Å². The Balaban J connectivity index is 1.81. The summed E-state index contributed by atoms with van der Waals surface area (Å²) >= 11 is 0. The van der Waals surface area contributed by atoms with Crippen molar-refractivity contribution < 1.29 is 9.16 Å². The van der Waals surface area contributed by atoms with Crippen molar-refractivity contribution in [2.75, 3.05) is 0 Å². The Hall–Kier alpha value is -1.48. The zero-order valence-electron chi connectivity index (χ0n) is 23.4. The van der Waals surface area contributed by atoms with E-state index in [-0.39, 0.29) is 10.6 Å². The molecule has 0 bridgehead atoms. The topological polar surface area (TPSA) is 18.5 Å². The summed E-state index contributed by atoms with van der Waals surface area (Å²) in [4.78, 5) is 0. The van der Waals surface area contributed by atoms with Gasteiger partial charge in [0.05, 0.1) is 0 Å². The van der Waals surface area contributed by atoms with Crippen LogP contribution in [0.3, 0.4) is 0 Å². The number of hydrogen-bond donors (Lipinski definition) is 0. The van der Waals surface area contributed by atoms with E-state index >= 15 is 0 Å². The molecular formula is C31H48O2Si. The molecule has 1 aliphatic heterocycles. The first-order valence-corrected chi connectivity index (χ1v) is 16.5. The van der Waals surface area contributed by atoms with Crippen molar-refractivity contribution >= 4 is 8.32 Å². The molecular weight excluding hydrogens is 432 g/mol. The number of benzene rings is 1. The first-order valence-electron chi connectivity index (χ1n) is 13.6. The fourth-order valence-electron chi connectivity index (χ4n) is 6.36. The third-order valence-electron chi connectivity index (χ3n) is 9.76. The van der Waals surface area contributed by atoms with Crippen LogP contribution in [0.15, 0.2) is 30.4 Å². The summed E-state index contributed by atoms with van der Waals surface area (Å²) < 4.78 is 14.3. The summed E-state index contributed by atoms with van der Waals surface area (Å²) in [6.45, 7) is 25.0. The van der Waals surface area contributed by atoms with Gasteiger partial charge in [-0.25, -0.2) is 0 Å². The van der Waals surface area contributed by atoms with Crippen molar-refractivity contribution in [2.45, 2.75) is 117 Å². The third-order valence-corrected chi connectivity index (χ3v) is 14.1. The van der Waals surface area contributed by atoms with Gasteiger partial charge >= 0.3 is 0 Å². The monoisotopic (exact) mass is 480 g/mol. The quantitative estimate of drug-likeness (QED) is 0.287. The van der Waals surface area contributed by atoms with Gasteiger partial charge in [0, 0.05) is 11.5 Å². The van der Waals surface area contributed by atoms with Crippen LogP contribution in [0.2, 0.25) is 18.1 Å². The number of rotatable bonds is 7. The molecule has 1 aromatic rings. The molecule has 0 N–H and O–H groups in total. The van der Waals surface area contributed by atoms with Gasteiger partial charge in [0.2, 0.25) is 0 Å². The van der Waals surface area contributed by atoms with Gasteiger partial charge in [-0.1, -0.05) is 52.3 Å². The van der Waals surface area contributed by atoms with E-state index < -0.39 is 8.32 Å². The molecule has 3 heteroatoms. The second-order valence-electron chi connectivity index (χ2n) is 13.5. The van der Waals surface area contributed by atoms with Crippen molar-refractivity contribution in [3.05, 3.63) is 47.1 Å². The molecule has 2 nitrogen and oxygen atoms in total. The minimum Gasteiger partial charge on any atom is -0.543 e. The third kappa shape index (κ3) is 4.20. The number of hydrogen-bond acceptors (Lipinski definition) is 2. The van der Waals surface area contributed by atoms with Gasteiger partial charge < -0.3 is 9.16 Å². The van der Waals surface area contributed by atoms with Crippen LogP contribution in [-0.2, 0) is 19.3 Å². The molecule has 2 fully saturated rings. The second-order valence-corrected chi connectivity index (χ2v) is 18.2. The molecule has 188 valence electrons. The predicted octanol–water partition coefficient (Wildman–Crippen LogP) is 8.83. The lowest BCUT2D eigenvalue weighted by molar-refractivity contribution is 0.0278. The van der Waals surface area contributed by atoms with Crippen molar-refractivity contribution in [1.29, 1.82) is 0 Å². The Labute approximate surface area is 210 Å². The Morgan fingerprint density at radius 2 is 1.88 bits per heavy atom. The summed E-state index contributed by atoms with van der Waals surface area (Å²) in [5, 5.41) is 0.152. The van der Waals surface area contributed by atoms with E-state index in [1.807, 2.05) is 6.08 Å². The highest BCUT2D eigenvalue weighted by Crippen LogP contribution is 2.73. The zero-order valence-corrected chi connectivity index (χ0v) is 24.4. The molecule has 4 rings (SSSR count). The average Bonchev–Trinajstić information content (AvgIpc) is 3.42. The van der Waals surface area contributed by atoms with Gasteiger partial charge in [-0.2, -0.15) is 0 Å². The lowest BCUT2D eigenvalue weighted by Gasteiger charge is -2.42. The molecule has 0 aromatic heterocycles. The number of fused-ring (bicyclic) bond motifs is 3. The van der Waals surface area contributed by atoms with Crippen molar-refractivity contribution in [3.8, 4) is 11.5 Å². The molecule has 3 atom stereocenters. The molecule has 1 heterocycles. The van der Waals surface area contributed by atoms with Crippen molar-refractivity contribution in [2.24, 2.45) is 17.3 Å². The summed E-state index contributed by atoms with van der Waals surface area (Å²) in [7, 11) is -1.99. The maximum Gasteiger partial charge on any atom is 0.250 e. The summed E-state index contributed by atoms with van der Waals surface area (Å²) in [5.74, 6) is 3.74. The van der Waals surface area contributed by atoms with E-state index in [1.54, 1.807) is 0 Å². The first kappa shape index (κ1) is 25.6. The Morgan fingerprint density at radius 1 is 1.18 bits per heavy atom. The minimum atomic E-state index is -1.99. The lowest BCUT2D eigenvalue weighted by atomic mass is 9.84. The number of ether oxygens (including phenoxy) is 1. The van der Waals surface area contributed by atoms with Crippen molar-refractivity contribution in [3.63, 3.8) is 0 Å². The summed E-state index contributed by atoms with van der Waals surface area (Å²) in [6.07, 6.45) is 12.2. The molecule has 0 saturated heterocycles. The van der Waals surface area contributed by atoms with Crippen LogP contribution >= 0.6 is 0 Å². The average molecular weight is 481 g/mol. The normalized spacial score (nSPS) is 27.8. The van der Waals surface area contributed by atoms with Gasteiger partial charge in [-0.05, 0) is 105 Å². The van der Waals surface area contributed by atoms with Gasteiger partial charge in [0.15, 0.2) is 0 Å². The smallest absolute Gasteiger partial charge is 0.250 e. The van der Waals surface area contributed by atoms with E-state index in [0.29, 0.717) is 5.41 Å². The number of allylic oxidation sites excluding steroid dienone is 3. The molecule has 0 radical (unpaired) electrons. The van der Waals surface area contributed by atoms with Crippen LogP contribution < -0.4 is 9.16 Å². The fraction of sp³-hybridized carbons (Fsp3) is 0.677. The summed E-state index contributed by atoms with van der Waals surface area (Å²) in [6, 6.07) is 2.37. The van der Waals surface area contributed by atoms with Crippen LogP contribution in [0.1, 0.15) is 90.8 Å². The van der Waals surface area contributed by atoms with Crippen LogP contribution in [0.5, 0.6) is 11.5 Å². The van der Waals surface area contributed by atoms with Crippen LogP contribution in [0, 0.1) is 17.3 Å². The van der Waals surface area contributed by atoms with Crippen LogP contribution in [0.25, 0.3) is 0 Å². The molecule has 1 spiro atoms. The molecule has 0 unspecified atom stereocenters. The second kappa shape index (κ2) is 8.57. The van der Waals surface area contributed by atoms with E-state index in [9.17, 15) is 0 Å². The van der Waals surface area contributed by atoms with E-state index in [4.69, 9.17) is 9.16 Å². The molecule has 3 aliphatic rings. The Kier molecular flexibility index (Phi) is 6.46. The molecule has 2 saturated carbocycles. The highest BCUT2D eigenvalue weighted by molar-refractivity contribution is 6.74. The Bertz CT molecular complexity index is 992. The molecule has 0 amide bonds. The zero-order chi connectivity index (χ0) is 25.1. The standard InChI is InChI=1S/C31H48O2Si/c1-11-12-23-19-24(14-13-21(2)3)27-25(28(23)33-34(9,10)29(6,7)8)15-16-31(32-27)18-17-30(22(4)5)20-26(30)31/h11,13,19,22,26H,1,12,14-18,20H2,2-10H3/t26-,30+,31+/m1/s1. The minimum absolute atomic E-state index is 0.0329. The maximum absolute atomic E-state index is 7.23. The van der Waals surface area contributed by atoms with E-state index in [2.05, 4.69) is 80.3 Å². The lowest BCUT2D eigenvalue weighted by Crippen LogP contribution is -2.45. The van der Waals surface area contributed by atoms with Crippen molar-refractivity contribution in [1.82, 2.24) is 0 Å². The van der Waals surface area contributed by atoms with Gasteiger partial charge in [0.25, 0.3) is 8.32 Å².